The molecule has 1 fully saturated rings. The van der Waals surface area contributed by atoms with Crippen molar-refractivity contribution in [3.8, 4) is 0 Å². The molecule has 1 aliphatic rings. The third-order valence-electron chi connectivity index (χ3n) is 2.95. The van der Waals surface area contributed by atoms with Crippen LogP contribution >= 0.6 is 0 Å². The van der Waals surface area contributed by atoms with Gasteiger partial charge in [0.05, 0.1) is 6.54 Å². The molecule has 2 rings (SSSR count). The zero-order chi connectivity index (χ0) is 13.2. The number of nitrogens with one attached hydrogen (secondary N) is 1. The Morgan fingerprint density at radius 2 is 2.11 bits per heavy atom. The molecule has 0 amide bonds. The molecule has 5 heteroatoms. The maximum atomic E-state index is 12.8. The number of guanidine groups is 1. The number of aliphatic imine (C=N–C) groups is 1. The van der Waals surface area contributed by atoms with E-state index in [1.54, 1.807) is 19.1 Å². The summed E-state index contributed by atoms with van der Waals surface area (Å²) in [5.74, 6) is 0.0212. The fourth-order valence-electron chi connectivity index (χ4n) is 1.62. The van der Waals surface area contributed by atoms with Crippen LogP contribution in [0, 0.1) is 5.82 Å². The number of hydrogen-bond acceptors (Lipinski definition) is 2. The molecule has 1 aromatic carbocycles. The van der Waals surface area contributed by atoms with E-state index in [1.807, 2.05) is 0 Å². The predicted molar refractivity (Wildman–Crippen MR) is 68.6 cm³/mol. The van der Waals surface area contributed by atoms with Gasteiger partial charge in [0.25, 0.3) is 0 Å². The average Bonchev–Trinajstić information content (AvgIpc) is 3.11. The van der Waals surface area contributed by atoms with Gasteiger partial charge in [-0.25, -0.2) is 4.39 Å². The van der Waals surface area contributed by atoms with Crippen LogP contribution in [0.3, 0.4) is 0 Å². The van der Waals surface area contributed by atoms with Gasteiger partial charge in [-0.2, -0.15) is 0 Å². The molecule has 98 valence electrons. The van der Waals surface area contributed by atoms with Gasteiger partial charge in [0.1, 0.15) is 11.4 Å². The lowest BCUT2D eigenvalue weighted by Crippen LogP contribution is -2.35. The van der Waals surface area contributed by atoms with Crippen molar-refractivity contribution in [3.63, 3.8) is 0 Å². The van der Waals surface area contributed by atoms with Gasteiger partial charge in [0.2, 0.25) is 0 Å². The van der Waals surface area contributed by atoms with E-state index < -0.39 is 5.60 Å². The second-order valence-electron chi connectivity index (χ2n) is 4.90. The van der Waals surface area contributed by atoms with Crippen molar-refractivity contribution in [1.82, 2.24) is 5.32 Å². The Balaban J connectivity index is 1.99. The normalized spacial score (nSPS) is 19.4. The minimum atomic E-state index is -1.15. The van der Waals surface area contributed by atoms with E-state index in [-0.39, 0.29) is 12.4 Å². The molecule has 0 radical (unpaired) electrons. The molecule has 1 atom stereocenters. The molecular formula is C13H18FN3O. The zero-order valence-corrected chi connectivity index (χ0v) is 10.4. The first kappa shape index (κ1) is 12.8. The van der Waals surface area contributed by atoms with Gasteiger partial charge in [-0.15, -0.1) is 0 Å². The molecule has 1 aliphatic carbocycles. The van der Waals surface area contributed by atoms with E-state index in [4.69, 9.17) is 5.73 Å². The van der Waals surface area contributed by atoms with Crippen LogP contribution in [0.2, 0.25) is 0 Å². The van der Waals surface area contributed by atoms with Crippen LogP contribution in [0.4, 0.5) is 4.39 Å². The summed E-state index contributed by atoms with van der Waals surface area (Å²) in [5, 5.41) is 13.3. The summed E-state index contributed by atoms with van der Waals surface area (Å²) in [4.78, 5) is 4.11. The van der Waals surface area contributed by atoms with Crippen molar-refractivity contribution in [3.05, 3.63) is 35.6 Å². The average molecular weight is 251 g/mol. The summed E-state index contributed by atoms with van der Waals surface area (Å²) in [6.07, 6.45) is 2.23. The van der Waals surface area contributed by atoms with Crippen LogP contribution in [0.25, 0.3) is 0 Å². The summed E-state index contributed by atoms with van der Waals surface area (Å²) in [6, 6.07) is 6.17. The van der Waals surface area contributed by atoms with Crippen molar-refractivity contribution in [2.24, 2.45) is 10.7 Å². The highest BCUT2D eigenvalue weighted by Crippen LogP contribution is 2.21. The molecule has 4 N–H and O–H groups in total. The number of benzene rings is 1. The van der Waals surface area contributed by atoms with Gasteiger partial charge in [-0.05, 0) is 37.5 Å². The topological polar surface area (TPSA) is 70.6 Å². The second kappa shape index (κ2) is 4.94. The first-order valence-corrected chi connectivity index (χ1v) is 6.02. The van der Waals surface area contributed by atoms with E-state index in [0.717, 1.165) is 12.8 Å². The zero-order valence-electron chi connectivity index (χ0n) is 10.4. The number of hydrogen-bond donors (Lipinski definition) is 3. The molecule has 0 bridgehead atoms. The molecule has 1 saturated carbocycles. The monoisotopic (exact) mass is 251 g/mol. The molecule has 18 heavy (non-hydrogen) atoms. The summed E-state index contributed by atoms with van der Waals surface area (Å²) < 4.78 is 12.8. The van der Waals surface area contributed by atoms with E-state index in [9.17, 15) is 9.50 Å². The summed E-state index contributed by atoms with van der Waals surface area (Å²) in [6.45, 7) is 1.78. The third kappa shape index (κ3) is 3.43. The lowest BCUT2D eigenvalue weighted by molar-refractivity contribution is 0.0672. The Kier molecular flexibility index (Phi) is 3.52. The molecule has 0 heterocycles. The maximum Gasteiger partial charge on any atom is 0.188 e. The van der Waals surface area contributed by atoms with Crippen molar-refractivity contribution in [1.29, 1.82) is 0 Å². The van der Waals surface area contributed by atoms with Crippen LogP contribution in [-0.4, -0.2) is 23.7 Å². The third-order valence-corrected chi connectivity index (χ3v) is 2.95. The molecule has 0 saturated heterocycles. The van der Waals surface area contributed by atoms with E-state index in [1.165, 1.54) is 12.1 Å². The Labute approximate surface area is 106 Å². The van der Waals surface area contributed by atoms with Crippen LogP contribution in [0.5, 0.6) is 0 Å². The molecule has 0 spiro atoms. The summed E-state index contributed by atoms with van der Waals surface area (Å²) in [7, 11) is 0. The number of aliphatic hydroxyl groups is 1. The van der Waals surface area contributed by atoms with E-state index in [0.29, 0.717) is 17.6 Å². The van der Waals surface area contributed by atoms with Gasteiger partial charge in [0.15, 0.2) is 5.96 Å². The van der Waals surface area contributed by atoms with Crippen molar-refractivity contribution in [2.45, 2.75) is 31.4 Å². The SMILES string of the molecule is CC(O)(CN=C(N)NC1CC1)c1ccc(F)cc1. The molecule has 0 aromatic heterocycles. The minimum absolute atomic E-state index is 0.143. The number of nitrogens with two attached hydrogens (primary N) is 1. The van der Waals surface area contributed by atoms with Crippen LogP contribution in [0.15, 0.2) is 29.3 Å². The number of halogens is 1. The Bertz CT molecular complexity index is 438. The first-order chi connectivity index (χ1) is 8.47. The fraction of sp³-hybridized carbons (Fsp3) is 0.462. The number of rotatable bonds is 4. The second-order valence-corrected chi connectivity index (χ2v) is 4.90. The minimum Gasteiger partial charge on any atom is -0.384 e. The molecule has 1 aromatic rings. The Morgan fingerprint density at radius 1 is 1.50 bits per heavy atom. The number of nitrogens with zero attached hydrogens (tertiary/aromatic N) is 1. The van der Waals surface area contributed by atoms with Gasteiger partial charge < -0.3 is 16.2 Å². The lowest BCUT2D eigenvalue weighted by Gasteiger charge is -2.22. The summed E-state index contributed by atoms with van der Waals surface area (Å²) >= 11 is 0. The van der Waals surface area contributed by atoms with Crippen LogP contribution in [-0.2, 0) is 5.60 Å². The largest absolute Gasteiger partial charge is 0.384 e. The van der Waals surface area contributed by atoms with Crippen molar-refractivity contribution in [2.75, 3.05) is 6.54 Å². The molecule has 1 unspecified atom stereocenters. The predicted octanol–water partition coefficient (Wildman–Crippen LogP) is 1.10. The van der Waals surface area contributed by atoms with Crippen molar-refractivity contribution < 1.29 is 9.50 Å². The van der Waals surface area contributed by atoms with Crippen molar-refractivity contribution >= 4 is 5.96 Å². The quantitative estimate of drug-likeness (QED) is 0.554. The molecular weight excluding hydrogens is 233 g/mol. The fourth-order valence-corrected chi connectivity index (χ4v) is 1.62. The highest BCUT2D eigenvalue weighted by Gasteiger charge is 2.24. The van der Waals surface area contributed by atoms with E-state index in [2.05, 4.69) is 10.3 Å². The highest BCUT2D eigenvalue weighted by molar-refractivity contribution is 5.78. The van der Waals surface area contributed by atoms with E-state index >= 15 is 0 Å². The smallest absolute Gasteiger partial charge is 0.188 e. The Morgan fingerprint density at radius 3 is 2.67 bits per heavy atom. The highest BCUT2D eigenvalue weighted by atomic mass is 19.1. The Hall–Kier alpha value is -1.62. The van der Waals surface area contributed by atoms with Crippen LogP contribution < -0.4 is 11.1 Å². The maximum absolute atomic E-state index is 12.8. The molecule has 4 nitrogen and oxygen atoms in total. The van der Waals surface area contributed by atoms with Gasteiger partial charge in [-0.3, -0.25) is 4.99 Å². The molecule has 0 aliphatic heterocycles. The first-order valence-electron chi connectivity index (χ1n) is 6.02. The summed E-state index contributed by atoms with van der Waals surface area (Å²) in [5.41, 5.74) is 5.16. The van der Waals surface area contributed by atoms with Crippen LogP contribution in [0.1, 0.15) is 25.3 Å². The lowest BCUT2D eigenvalue weighted by atomic mass is 9.96. The standard InChI is InChI=1S/C13H18FN3O/c1-13(18,9-2-4-10(14)5-3-9)8-16-12(15)17-11-6-7-11/h2-5,11,18H,6-8H2,1H3,(H3,15,16,17). The van der Waals surface area contributed by atoms with Gasteiger partial charge >= 0.3 is 0 Å². The van der Waals surface area contributed by atoms with Gasteiger partial charge in [-0.1, -0.05) is 12.1 Å². The van der Waals surface area contributed by atoms with Gasteiger partial charge in [0, 0.05) is 6.04 Å².